The first-order valence-corrected chi connectivity index (χ1v) is 11.1. The van der Waals surface area contributed by atoms with Crippen LogP contribution in [0.5, 0.6) is 0 Å². The van der Waals surface area contributed by atoms with E-state index in [2.05, 4.69) is 23.2 Å². The number of nitrogens with two attached hydrogens (primary N) is 1. The number of likely N-dealkylation sites (N-methyl/N-ethyl adjacent to an activating group) is 1. The van der Waals surface area contributed by atoms with Gasteiger partial charge >= 0.3 is 0 Å². The van der Waals surface area contributed by atoms with Crippen LogP contribution in [-0.2, 0) is 10.3 Å². The zero-order chi connectivity index (χ0) is 23.2. The smallest absolute Gasteiger partial charge is 0.239 e. The Hall–Kier alpha value is -3.98. The highest BCUT2D eigenvalue weighted by molar-refractivity contribution is 6.02. The molecule has 2 N–H and O–H groups in total. The van der Waals surface area contributed by atoms with Gasteiger partial charge in [0.25, 0.3) is 0 Å². The SMILES string of the molecule is CN1C(=O)[C@H](c2ccc(C3CC3)cc2)[C@@](C)(c2cc(-c3cccc(C#N)c3)ccn2)N=C1N. The van der Waals surface area contributed by atoms with Crippen LogP contribution in [0.3, 0.4) is 0 Å². The molecule has 0 saturated heterocycles. The van der Waals surface area contributed by atoms with E-state index in [4.69, 9.17) is 10.7 Å². The number of rotatable bonds is 4. The van der Waals surface area contributed by atoms with Crippen molar-refractivity contribution in [2.45, 2.75) is 37.1 Å². The van der Waals surface area contributed by atoms with Gasteiger partial charge in [0.15, 0.2) is 5.96 Å². The molecule has 3 aromatic rings. The largest absolute Gasteiger partial charge is 0.369 e. The minimum Gasteiger partial charge on any atom is -0.369 e. The fourth-order valence-electron chi connectivity index (χ4n) is 4.63. The number of aliphatic imine (C=N–C) groups is 1. The molecule has 2 aromatic carbocycles. The van der Waals surface area contributed by atoms with Gasteiger partial charge in [0.1, 0.15) is 5.54 Å². The van der Waals surface area contributed by atoms with E-state index < -0.39 is 11.5 Å². The molecule has 1 saturated carbocycles. The van der Waals surface area contributed by atoms with Crippen LogP contribution in [0, 0.1) is 11.3 Å². The number of amides is 1. The van der Waals surface area contributed by atoms with Crippen LogP contribution < -0.4 is 5.73 Å². The summed E-state index contributed by atoms with van der Waals surface area (Å²) in [5.74, 6) is 0.150. The number of nitrogens with zero attached hydrogens (tertiary/aromatic N) is 4. The van der Waals surface area contributed by atoms with Gasteiger partial charge in [-0.2, -0.15) is 5.26 Å². The summed E-state index contributed by atoms with van der Waals surface area (Å²) in [4.78, 5) is 24.3. The van der Waals surface area contributed by atoms with Gasteiger partial charge in [-0.25, -0.2) is 4.99 Å². The monoisotopic (exact) mass is 435 g/mol. The summed E-state index contributed by atoms with van der Waals surface area (Å²) in [6, 6.07) is 21.8. The van der Waals surface area contributed by atoms with E-state index in [-0.39, 0.29) is 11.9 Å². The number of hydrogen-bond donors (Lipinski definition) is 1. The fraction of sp³-hybridized carbons (Fsp3) is 0.259. The summed E-state index contributed by atoms with van der Waals surface area (Å²) in [7, 11) is 1.66. The standard InChI is InChI=1S/C27H25N5O/c1-27(23-15-22(12-13-30-23)21-5-3-4-17(14-21)16-28)24(25(33)32(2)26(29)31-27)20-10-8-19(9-11-20)18-6-7-18/h3-5,8-15,18,24H,6-7H2,1-2H3,(H2,29,31)/t24-,27+/m0/s1. The normalized spacial score (nSPS) is 22.6. The first-order chi connectivity index (χ1) is 15.9. The van der Waals surface area contributed by atoms with Crippen LogP contribution in [0.2, 0.25) is 0 Å². The van der Waals surface area contributed by atoms with Gasteiger partial charge in [0.2, 0.25) is 5.91 Å². The lowest BCUT2D eigenvalue weighted by Gasteiger charge is -2.40. The van der Waals surface area contributed by atoms with Crippen molar-refractivity contribution < 1.29 is 4.79 Å². The number of pyridine rings is 1. The maximum atomic E-state index is 13.5. The molecule has 0 unspecified atom stereocenters. The Bertz CT molecular complexity index is 1300. The van der Waals surface area contributed by atoms with Gasteiger partial charge in [0.05, 0.1) is 23.2 Å². The van der Waals surface area contributed by atoms with Crippen LogP contribution in [0.25, 0.3) is 11.1 Å². The van der Waals surface area contributed by atoms with Gasteiger partial charge in [-0.15, -0.1) is 0 Å². The minimum atomic E-state index is -0.975. The number of guanidine groups is 1. The molecule has 33 heavy (non-hydrogen) atoms. The summed E-state index contributed by atoms with van der Waals surface area (Å²) >= 11 is 0. The number of aromatic nitrogens is 1. The number of carbonyl (C=O) groups is 1. The van der Waals surface area contributed by atoms with Crippen molar-refractivity contribution in [3.63, 3.8) is 0 Å². The highest BCUT2D eigenvalue weighted by Gasteiger charge is 2.48. The molecule has 164 valence electrons. The van der Waals surface area contributed by atoms with Gasteiger partial charge in [0, 0.05) is 13.2 Å². The molecule has 0 spiro atoms. The molecule has 6 nitrogen and oxygen atoms in total. The third-order valence-electron chi connectivity index (χ3n) is 6.75. The first kappa shape index (κ1) is 20.9. The Morgan fingerprint density at radius 3 is 2.45 bits per heavy atom. The first-order valence-electron chi connectivity index (χ1n) is 11.1. The summed E-state index contributed by atoms with van der Waals surface area (Å²) in [6.07, 6.45) is 4.18. The molecule has 2 atom stereocenters. The second-order valence-electron chi connectivity index (χ2n) is 9.01. The maximum absolute atomic E-state index is 13.5. The third kappa shape index (κ3) is 3.66. The van der Waals surface area contributed by atoms with E-state index in [9.17, 15) is 10.1 Å². The topological polar surface area (TPSA) is 95.4 Å². The van der Waals surface area contributed by atoms with Gasteiger partial charge in [-0.3, -0.25) is 14.7 Å². The lowest BCUT2D eigenvalue weighted by molar-refractivity contribution is -0.130. The predicted octanol–water partition coefficient (Wildman–Crippen LogP) is 4.28. The minimum absolute atomic E-state index is 0.108. The van der Waals surface area contributed by atoms with E-state index in [0.717, 1.165) is 16.7 Å². The highest BCUT2D eigenvalue weighted by atomic mass is 16.2. The molecule has 2 aliphatic rings. The molecule has 1 amide bonds. The molecule has 1 fully saturated rings. The van der Waals surface area contributed by atoms with Crippen molar-refractivity contribution in [1.82, 2.24) is 9.88 Å². The highest BCUT2D eigenvalue weighted by Crippen LogP contribution is 2.45. The maximum Gasteiger partial charge on any atom is 0.239 e. The summed E-state index contributed by atoms with van der Waals surface area (Å²) in [5.41, 5.74) is 10.5. The Morgan fingerprint density at radius 1 is 1.06 bits per heavy atom. The Morgan fingerprint density at radius 2 is 1.76 bits per heavy atom. The van der Waals surface area contributed by atoms with E-state index in [1.807, 2.05) is 49.4 Å². The quantitative estimate of drug-likeness (QED) is 0.661. The molecule has 0 radical (unpaired) electrons. The lowest BCUT2D eigenvalue weighted by Crippen LogP contribution is -2.52. The third-order valence-corrected chi connectivity index (χ3v) is 6.75. The summed E-state index contributed by atoms with van der Waals surface area (Å²) < 4.78 is 0. The van der Waals surface area contributed by atoms with E-state index in [1.165, 1.54) is 23.3 Å². The van der Waals surface area contributed by atoms with Crippen LogP contribution in [0.1, 0.15) is 54.0 Å². The van der Waals surface area contributed by atoms with Crippen molar-refractivity contribution in [3.8, 4) is 17.2 Å². The van der Waals surface area contributed by atoms with E-state index in [0.29, 0.717) is 17.2 Å². The summed E-state index contributed by atoms with van der Waals surface area (Å²) in [5, 5.41) is 9.27. The van der Waals surface area contributed by atoms with Crippen molar-refractivity contribution >= 4 is 11.9 Å². The fourth-order valence-corrected chi connectivity index (χ4v) is 4.63. The van der Waals surface area contributed by atoms with Crippen LogP contribution in [-0.4, -0.2) is 28.8 Å². The molecule has 1 aromatic heterocycles. The molecule has 1 aliphatic carbocycles. The zero-order valence-electron chi connectivity index (χ0n) is 18.7. The van der Waals surface area contributed by atoms with Crippen LogP contribution in [0.15, 0.2) is 71.9 Å². The van der Waals surface area contributed by atoms with Crippen molar-refractivity contribution in [2.75, 3.05) is 7.05 Å². The second-order valence-corrected chi connectivity index (χ2v) is 9.01. The van der Waals surface area contributed by atoms with Crippen molar-refractivity contribution in [2.24, 2.45) is 10.7 Å². The van der Waals surface area contributed by atoms with Crippen LogP contribution in [0.4, 0.5) is 0 Å². The second kappa shape index (κ2) is 7.86. The van der Waals surface area contributed by atoms with Crippen molar-refractivity contribution in [1.29, 1.82) is 5.26 Å². The molecule has 6 heteroatoms. The average Bonchev–Trinajstić information content (AvgIpc) is 3.69. The lowest BCUT2D eigenvalue weighted by atomic mass is 9.76. The van der Waals surface area contributed by atoms with Crippen molar-refractivity contribution in [3.05, 3.63) is 89.2 Å². The molecular weight excluding hydrogens is 410 g/mol. The van der Waals surface area contributed by atoms with Gasteiger partial charge < -0.3 is 5.73 Å². The average molecular weight is 436 g/mol. The number of carbonyl (C=O) groups excluding carboxylic acids is 1. The molecule has 5 rings (SSSR count). The number of hydrogen-bond acceptors (Lipinski definition) is 5. The van der Waals surface area contributed by atoms with Crippen LogP contribution >= 0.6 is 0 Å². The number of nitriles is 1. The molecule has 0 bridgehead atoms. The molecule has 2 heterocycles. The Kier molecular flexibility index (Phi) is 4.98. The Labute approximate surface area is 193 Å². The van der Waals surface area contributed by atoms with Gasteiger partial charge in [-0.1, -0.05) is 36.4 Å². The van der Waals surface area contributed by atoms with Gasteiger partial charge in [-0.05, 0) is 72.2 Å². The Balaban J connectivity index is 1.61. The summed E-state index contributed by atoms with van der Waals surface area (Å²) in [6.45, 7) is 1.92. The zero-order valence-corrected chi connectivity index (χ0v) is 18.7. The van der Waals surface area contributed by atoms with E-state index >= 15 is 0 Å². The van der Waals surface area contributed by atoms with E-state index in [1.54, 1.807) is 19.3 Å². The predicted molar refractivity (Wildman–Crippen MR) is 127 cm³/mol. The molecular formula is C27H25N5O. The molecule has 1 aliphatic heterocycles. The number of benzene rings is 2.